The summed E-state index contributed by atoms with van der Waals surface area (Å²) in [6.07, 6.45) is 8.75. The van der Waals surface area contributed by atoms with Crippen molar-refractivity contribution in [2.45, 2.75) is 56.9 Å². The second-order valence-electron chi connectivity index (χ2n) is 6.73. The largest absolute Gasteiger partial charge is 0.342 e. The second kappa shape index (κ2) is 6.14. The van der Waals surface area contributed by atoms with Gasteiger partial charge in [0.1, 0.15) is 0 Å². The summed E-state index contributed by atoms with van der Waals surface area (Å²) in [4.78, 5) is 15.4. The van der Waals surface area contributed by atoms with E-state index >= 15 is 0 Å². The highest BCUT2D eigenvalue weighted by Gasteiger charge is 2.42. The predicted octanol–water partition coefficient (Wildman–Crippen LogP) is 2.36. The van der Waals surface area contributed by atoms with Crippen LogP contribution in [-0.4, -0.2) is 43.6 Å². The first-order chi connectivity index (χ1) is 10.5. The molecule has 2 aliphatic rings. The molecular formula is C16H25N3O2S. The van der Waals surface area contributed by atoms with Gasteiger partial charge in [0, 0.05) is 30.5 Å². The zero-order chi connectivity index (χ0) is 15.7. The molecule has 2 heterocycles. The minimum atomic E-state index is -0.942. The Morgan fingerprint density at radius 1 is 1.41 bits per heavy atom. The number of hydrogen-bond acceptors (Lipinski definition) is 3. The highest BCUT2D eigenvalue weighted by molar-refractivity contribution is 7.85. The molecule has 1 aromatic heterocycles. The number of nitrogens with zero attached hydrogens (tertiary/aromatic N) is 3. The first kappa shape index (κ1) is 15.7. The molecule has 3 rings (SSSR count). The van der Waals surface area contributed by atoms with Crippen molar-refractivity contribution in [2.75, 3.05) is 18.8 Å². The monoisotopic (exact) mass is 323 g/mol. The number of hydrogen-bond donors (Lipinski definition) is 0. The molecule has 1 saturated heterocycles. The van der Waals surface area contributed by atoms with Crippen LogP contribution in [0.2, 0.25) is 0 Å². The van der Waals surface area contributed by atoms with Crippen molar-refractivity contribution in [2.24, 2.45) is 5.41 Å². The molecule has 1 unspecified atom stereocenters. The summed E-state index contributed by atoms with van der Waals surface area (Å²) in [5, 5.41) is 4.38. The lowest BCUT2D eigenvalue weighted by Gasteiger charge is -2.43. The van der Waals surface area contributed by atoms with Gasteiger partial charge in [0.2, 0.25) is 5.91 Å². The SMILES string of the molecule is CCS(=O)c1cnn(C2CCN(C(=O)C3(C)CCC3)CC2)c1. The summed E-state index contributed by atoms with van der Waals surface area (Å²) in [6, 6.07) is 0.320. The molecule has 1 amide bonds. The van der Waals surface area contributed by atoms with Gasteiger partial charge in [-0.1, -0.05) is 20.3 Å². The Hall–Kier alpha value is -1.17. The molecule has 0 aromatic carbocycles. The fraction of sp³-hybridized carbons (Fsp3) is 0.750. The maximum atomic E-state index is 12.5. The smallest absolute Gasteiger partial charge is 0.228 e. The van der Waals surface area contributed by atoms with E-state index in [-0.39, 0.29) is 5.41 Å². The molecule has 0 bridgehead atoms. The van der Waals surface area contributed by atoms with E-state index in [9.17, 15) is 9.00 Å². The van der Waals surface area contributed by atoms with E-state index in [1.165, 1.54) is 6.42 Å². The van der Waals surface area contributed by atoms with Crippen molar-refractivity contribution < 1.29 is 9.00 Å². The minimum absolute atomic E-state index is 0.0935. The van der Waals surface area contributed by atoms with E-state index < -0.39 is 10.8 Å². The lowest BCUT2D eigenvalue weighted by Crippen LogP contribution is -2.49. The highest BCUT2D eigenvalue weighted by Crippen LogP contribution is 2.42. The Bertz CT molecular complexity index is 572. The van der Waals surface area contributed by atoms with Gasteiger partial charge >= 0.3 is 0 Å². The number of aromatic nitrogens is 2. The number of likely N-dealkylation sites (tertiary alicyclic amines) is 1. The third-order valence-corrected chi connectivity index (χ3v) is 6.46. The fourth-order valence-electron chi connectivity index (χ4n) is 3.44. The number of piperidine rings is 1. The summed E-state index contributed by atoms with van der Waals surface area (Å²) < 4.78 is 13.7. The van der Waals surface area contributed by atoms with Crippen LogP contribution in [0.3, 0.4) is 0 Å². The summed E-state index contributed by atoms with van der Waals surface area (Å²) in [5.41, 5.74) is -0.0935. The molecule has 0 N–H and O–H groups in total. The summed E-state index contributed by atoms with van der Waals surface area (Å²) in [6.45, 7) is 5.64. The van der Waals surface area contributed by atoms with Crippen molar-refractivity contribution >= 4 is 16.7 Å². The molecule has 0 spiro atoms. The van der Waals surface area contributed by atoms with Gasteiger partial charge in [-0.25, -0.2) is 0 Å². The van der Waals surface area contributed by atoms with E-state index in [2.05, 4.69) is 12.0 Å². The summed E-state index contributed by atoms with van der Waals surface area (Å²) in [7, 11) is -0.942. The maximum Gasteiger partial charge on any atom is 0.228 e. The predicted molar refractivity (Wildman–Crippen MR) is 86.0 cm³/mol. The maximum absolute atomic E-state index is 12.5. The van der Waals surface area contributed by atoms with Gasteiger partial charge in [0.15, 0.2) is 0 Å². The van der Waals surface area contributed by atoms with Crippen LogP contribution in [-0.2, 0) is 15.6 Å². The van der Waals surface area contributed by atoms with Crippen LogP contribution >= 0.6 is 0 Å². The van der Waals surface area contributed by atoms with Crippen LogP contribution < -0.4 is 0 Å². The summed E-state index contributed by atoms with van der Waals surface area (Å²) >= 11 is 0. The van der Waals surface area contributed by atoms with Crippen molar-refractivity contribution in [3.63, 3.8) is 0 Å². The molecule has 22 heavy (non-hydrogen) atoms. The zero-order valence-corrected chi connectivity index (χ0v) is 14.3. The highest BCUT2D eigenvalue weighted by atomic mass is 32.2. The van der Waals surface area contributed by atoms with Gasteiger partial charge in [0.25, 0.3) is 0 Å². The van der Waals surface area contributed by atoms with Gasteiger partial charge in [-0.2, -0.15) is 5.10 Å². The van der Waals surface area contributed by atoms with Gasteiger partial charge in [-0.05, 0) is 25.7 Å². The lowest BCUT2D eigenvalue weighted by atomic mass is 9.69. The standard InChI is InChI=1S/C16H25N3O2S/c1-3-22(21)14-11-17-19(12-14)13-5-9-18(10-6-13)15(20)16(2)7-4-8-16/h11-13H,3-10H2,1-2H3. The number of amides is 1. The third-order valence-electron chi connectivity index (χ3n) is 5.20. The Balaban J connectivity index is 1.58. The van der Waals surface area contributed by atoms with Gasteiger partial charge in [-0.15, -0.1) is 0 Å². The molecule has 2 fully saturated rings. The van der Waals surface area contributed by atoms with Crippen molar-refractivity contribution in [1.29, 1.82) is 0 Å². The fourth-order valence-corrected chi connectivity index (χ4v) is 4.16. The quantitative estimate of drug-likeness (QED) is 0.855. The molecule has 122 valence electrons. The lowest BCUT2D eigenvalue weighted by molar-refractivity contribution is -0.147. The Morgan fingerprint density at radius 3 is 2.64 bits per heavy atom. The normalized spacial score (nSPS) is 23.1. The molecule has 1 aliphatic heterocycles. The van der Waals surface area contributed by atoms with Crippen LogP contribution in [0.5, 0.6) is 0 Å². The summed E-state index contributed by atoms with van der Waals surface area (Å²) in [5.74, 6) is 0.961. The van der Waals surface area contributed by atoms with E-state index in [4.69, 9.17) is 0 Å². The van der Waals surface area contributed by atoms with Crippen LogP contribution in [0.25, 0.3) is 0 Å². The third kappa shape index (κ3) is 2.85. The molecule has 1 saturated carbocycles. The van der Waals surface area contributed by atoms with Crippen LogP contribution in [0, 0.1) is 5.41 Å². The minimum Gasteiger partial charge on any atom is -0.342 e. The van der Waals surface area contributed by atoms with Crippen LogP contribution in [0.4, 0.5) is 0 Å². The Morgan fingerprint density at radius 2 is 2.09 bits per heavy atom. The number of carbonyl (C=O) groups excluding carboxylic acids is 1. The van der Waals surface area contributed by atoms with E-state index in [1.54, 1.807) is 6.20 Å². The van der Waals surface area contributed by atoms with Crippen molar-refractivity contribution in [1.82, 2.24) is 14.7 Å². The molecule has 1 atom stereocenters. The molecule has 1 aromatic rings. The first-order valence-corrected chi connectivity index (χ1v) is 9.57. The molecule has 5 nitrogen and oxygen atoms in total. The number of carbonyl (C=O) groups is 1. The second-order valence-corrected chi connectivity index (χ2v) is 8.47. The zero-order valence-electron chi connectivity index (χ0n) is 13.5. The van der Waals surface area contributed by atoms with Crippen molar-refractivity contribution in [3.05, 3.63) is 12.4 Å². The average Bonchev–Trinajstić information content (AvgIpc) is 3.01. The van der Waals surface area contributed by atoms with Gasteiger partial charge < -0.3 is 4.90 Å². The van der Waals surface area contributed by atoms with Crippen molar-refractivity contribution in [3.8, 4) is 0 Å². The van der Waals surface area contributed by atoms with E-state index in [0.717, 1.165) is 43.7 Å². The first-order valence-electron chi connectivity index (χ1n) is 8.25. The molecular weight excluding hydrogens is 298 g/mol. The molecule has 1 aliphatic carbocycles. The number of rotatable bonds is 4. The van der Waals surface area contributed by atoms with Crippen LogP contribution in [0.1, 0.15) is 52.0 Å². The molecule has 6 heteroatoms. The van der Waals surface area contributed by atoms with E-state index in [1.807, 2.05) is 22.7 Å². The van der Waals surface area contributed by atoms with E-state index in [0.29, 0.717) is 17.7 Å². The topological polar surface area (TPSA) is 55.2 Å². The Labute approximate surface area is 134 Å². The van der Waals surface area contributed by atoms with Gasteiger partial charge in [0.05, 0.1) is 27.9 Å². The average molecular weight is 323 g/mol. The van der Waals surface area contributed by atoms with Crippen LogP contribution in [0.15, 0.2) is 17.3 Å². The Kier molecular flexibility index (Phi) is 4.39. The molecule has 0 radical (unpaired) electrons. The van der Waals surface area contributed by atoms with Gasteiger partial charge in [-0.3, -0.25) is 13.7 Å².